The van der Waals surface area contributed by atoms with E-state index in [1.165, 1.54) is 0 Å². The Labute approximate surface area is 188 Å². The van der Waals surface area contributed by atoms with Gasteiger partial charge in [0.05, 0.1) is 12.8 Å². The summed E-state index contributed by atoms with van der Waals surface area (Å²) in [6.45, 7) is 29.4. The lowest BCUT2D eigenvalue weighted by atomic mass is 9.82. The van der Waals surface area contributed by atoms with Crippen LogP contribution in [0.2, 0.25) is 0 Å². The Morgan fingerprint density at radius 1 is 0.667 bits per heavy atom. The molecule has 2 N–H and O–H groups in total. The molecule has 1 fully saturated rings. The first-order valence-corrected chi connectivity index (χ1v) is 12.9. The second kappa shape index (κ2) is 14.0. The monoisotopic (exact) mass is 426 g/mol. The van der Waals surface area contributed by atoms with Gasteiger partial charge >= 0.3 is 0 Å². The lowest BCUT2D eigenvalue weighted by Gasteiger charge is -2.62. The zero-order valence-electron chi connectivity index (χ0n) is 21.8. The van der Waals surface area contributed by atoms with Crippen molar-refractivity contribution >= 4 is 0 Å². The van der Waals surface area contributed by atoms with Crippen molar-refractivity contribution in [2.24, 2.45) is 0 Å². The molecule has 0 spiro atoms. The van der Waals surface area contributed by atoms with Crippen LogP contribution in [0.15, 0.2) is 0 Å². The van der Waals surface area contributed by atoms with Gasteiger partial charge in [-0.05, 0) is 58.5 Å². The van der Waals surface area contributed by atoms with E-state index < -0.39 is 0 Å². The van der Waals surface area contributed by atoms with E-state index in [-0.39, 0.29) is 5.66 Å². The van der Waals surface area contributed by atoms with Crippen molar-refractivity contribution in [3.8, 4) is 0 Å². The molecule has 1 aliphatic heterocycles. The summed E-state index contributed by atoms with van der Waals surface area (Å²) >= 11 is 0. The zero-order valence-corrected chi connectivity index (χ0v) is 21.8. The highest BCUT2D eigenvalue weighted by molar-refractivity contribution is 5.09. The minimum absolute atomic E-state index is 0.0872. The van der Waals surface area contributed by atoms with E-state index in [1.807, 2.05) is 0 Å². The van der Waals surface area contributed by atoms with Crippen molar-refractivity contribution in [1.82, 2.24) is 30.2 Å². The number of hydrogen-bond donors (Lipinski definition) is 2. The lowest BCUT2D eigenvalue weighted by Crippen LogP contribution is -2.83. The average molecular weight is 427 g/mol. The van der Waals surface area contributed by atoms with Crippen molar-refractivity contribution in [3.05, 3.63) is 0 Å². The van der Waals surface area contributed by atoms with Gasteiger partial charge < -0.3 is 0 Å². The van der Waals surface area contributed by atoms with E-state index in [9.17, 15) is 0 Å². The van der Waals surface area contributed by atoms with Crippen LogP contribution < -0.4 is 10.6 Å². The first-order valence-electron chi connectivity index (χ1n) is 12.9. The van der Waals surface area contributed by atoms with E-state index in [0.29, 0.717) is 18.2 Å². The molecule has 1 rings (SSSR count). The van der Waals surface area contributed by atoms with Crippen LogP contribution in [0.1, 0.15) is 81.6 Å². The molecule has 0 aromatic carbocycles. The quantitative estimate of drug-likeness (QED) is 0.418. The van der Waals surface area contributed by atoms with E-state index in [4.69, 9.17) is 0 Å². The third-order valence-electron chi connectivity index (χ3n) is 7.51. The molecule has 0 aromatic rings. The number of hydrogen-bond acceptors (Lipinski definition) is 6. The third kappa shape index (κ3) is 5.57. The summed E-state index contributed by atoms with van der Waals surface area (Å²) in [5.74, 6) is 0. The van der Waals surface area contributed by atoms with Crippen LogP contribution in [0, 0.1) is 0 Å². The van der Waals surface area contributed by atoms with Crippen LogP contribution >= 0.6 is 0 Å². The molecule has 1 saturated heterocycles. The van der Waals surface area contributed by atoms with Gasteiger partial charge in [0.1, 0.15) is 5.66 Å². The molecule has 6 heteroatoms. The molecule has 3 atom stereocenters. The maximum absolute atomic E-state index is 4.11. The molecule has 0 amide bonds. The zero-order chi connectivity index (χ0) is 22.7. The van der Waals surface area contributed by atoms with Crippen LogP contribution in [-0.2, 0) is 0 Å². The largest absolute Gasteiger partial charge is 0.298 e. The Kier molecular flexibility index (Phi) is 13.0. The molecule has 0 aliphatic carbocycles. The van der Waals surface area contributed by atoms with Crippen molar-refractivity contribution in [1.29, 1.82) is 0 Å². The second-order valence-electron chi connectivity index (χ2n) is 8.46. The molecule has 1 aliphatic rings. The number of likely N-dealkylation sites (N-methyl/N-ethyl adjacent to an activating group) is 2. The molecule has 1 heterocycles. The van der Waals surface area contributed by atoms with Gasteiger partial charge in [-0.2, -0.15) is 0 Å². The third-order valence-corrected chi connectivity index (χ3v) is 7.51. The van der Waals surface area contributed by atoms with Crippen molar-refractivity contribution in [2.45, 2.75) is 105 Å². The van der Waals surface area contributed by atoms with Gasteiger partial charge in [0.25, 0.3) is 0 Å². The standard InChI is InChI=1S/C24H54N6/c1-10-21(27(13-4)14-5)24(22(11-2)28(15-6)16-7)26-19-25-20-30(24)23(12-3)29(17-8)18-9/h21-23,25-26H,10-20H2,1-9H3. The number of nitrogens with one attached hydrogen (secondary N) is 2. The maximum Gasteiger partial charge on any atom is 0.106 e. The van der Waals surface area contributed by atoms with Crippen LogP contribution in [-0.4, -0.2) is 96.1 Å². The average Bonchev–Trinajstić information content (AvgIpc) is 2.79. The molecule has 180 valence electrons. The summed E-state index contributed by atoms with van der Waals surface area (Å²) in [4.78, 5) is 10.9. The van der Waals surface area contributed by atoms with E-state index in [1.54, 1.807) is 0 Å². The lowest BCUT2D eigenvalue weighted by molar-refractivity contribution is -0.153. The molecule has 30 heavy (non-hydrogen) atoms. The normalized spacial score (nSPS) is 24.0. The van der Waals surface area contributed by atoms with Crippen LogP contribution in [0.25, 0.3) is 0 Å². The van der Waals surface area contributed by atoms with E-state index >= 15 is 0 Å². The summed E-state index contributed by atoms with van der Waals surface area (Å²) < 4.78 is 0. The molecule has 6 nitrogen and oxygen atoms in total. The number of nitrogens with zero attached hydrogens (tertiary/aromatic N) is 4. The summed E-state index contributed by atoms with van der Waals surface area (Å²) in [7, 11) is 0. The minimum Gasteiger partial charge on any atom is -0.298 e. The van der Waals surface area contributed by atoms with E-state index in [2.05, 4.69) is 92.5 Å². The molecule has 0 radical (unpaired) electrons. The predicted octanol–water partition coefficient (Wildman–Crippen LogP) is 3.41. The summed E-state index contributed by atoms with van der Waals surface area (Å²) in [5.41, 5.74) is -0.0872. The van der Waals surface area contributed by atoms with Crippen LogP contribution in [0.3, 0.4) is 0 Å². The predicted molar refractivity (Wildman–Crippen MR) is 132 cm³/mol. The first-order chi connectivity index (χ1) is 14.5. The Balaban J connectivity index is 3.71. The minimum atomic E-state index is -0.0872. The fourth-order valence-electron chi connectivity index (χ4n) is 6.15. The topological polar surface area (TPSA) is 37.0 Å². The first kappa shape index (κ1) is 27.8. The number of rotatable bonds is 15. The Morgan fingerprint density at radius 3 is 1.43 bits per heavy atom. The Bertz CT molecular complexity index is 413. The van der Waals surface area contributed by atoms with Crippen molar-refractivity contribution in [3.63, 3.8) is 0 Å². The summed E-state index contributed by atoms with van der Waals surface area (Å²) in [6.07, 6.45) is 3.86. The van der Waals surface area contributed by atoms with Gasteiger partial charge in [0.15, 0.2) is 0 Å². The van der Waals surface area contributed by atoms with Crippen molar-refractivity contribution in [2.75, 3.05) is 52.6 Å². The van der Waals surface area contributed by atoms with Gasteiger partial charge in [-0.3, -0.25) is 30.2 Å². The van der Waals surface area contributed by atoms with Gasteiger partial charge in [-0.1, -0.05) is 62.3 Å². The van der Waals surface area contributed by atoms with Gasteiger partial charge in [-0.25, -0.2) is 0 Å². The highest BCUT2D eigenvalue weighted by Gasteiger charge is 2.54. The molecular formula is C24H54N6. The van der Waals surface area contributed by atoms with Crippen molar-refractivity contribution < 1.29 is 0 Å². The summed E-state index contributed by atoms with van der Waals surface area (Å²) in [6, 6.07) is 0.925. The van der Waals surface area contributed by atoms with Crippen LogP contribution in [0.5, 0.6) is 0 Å². The molecular weight excluding hydrogens is 372 g/mol. The molecule has 0 aromatic heterocycles. The molecule has 3 unspecified atom stereocenters. The SMILES string of the molecule is CCC(N(CC)CC)N1CNCNC1(C(CC)N(CC)CC)C(CC)N(CC)CC. The van der Waals surface area contributed by atoms with E-state index in [0.717, 1.165) is 71.9 Å². The Hall–Kier alpha value is -0.240. The fraction of sp³-hybridized carbons (Fsp3) is 1.00. The van der Waals surface area contributed by atoms with Gasteiger partial charge in [0.2, 0.25) is 0 Å². The van der Waals surface area contributed by atoms with Gasteiger partial charge in [0, 0.05) is 18.8 Å². The highest BCUT2D eigenvalue weighted by atomic mass is 15.5. The highest BCUT2D eigenvalue weighted by Crippen LogP contribution is 2.36. The molecule has 0 saturated carbocycles. The molecule has 0 bridgehead atoms. The fourth-order valence-corrected chi connectivity index (χ4v) is 6.15. The summed E-state index contributed by atoms with van der Waals surface area (Å²) in [5, 5.41) is 7.77. The van der Waals surface area contributed by atoms with Gasteiger partial charge in [-0.15, -0.1) is 0 Å². The Morgan fingerprint density at radius 2 is 1.10 bits per heavy atom. The second-order valence-corrected chi connectivity index (χ2v) is 8.46. The smallest absolute Gasteiger partial charge is 0.106 e. The maximum atomic E-state index is 4.11. The van der Waals surface area contributed by atoms with Crippen LogP contribution in [0.4, 0.5) is 0 Å².